The minimum Gasteiger partial charge on any atom is -0.385 e. The zero-order chi connectivity index (χ0) is 22.3. The molecule has 2 fully saturated rings. The van der Waals surface area contributed by atoms with Crippen molar-refractivity contribution in [1.82, 2.24) is 15.1 Å². The maximum Gasteiger partial charge on any atom is 0.237 e. The van der Waals surface area contributed by atoms with Crippen LogP contribution >= 0.6 is 0 Å². The van der Waals surface area contributed by atoms with Crippen LogP contribution in [0.15, 0.2) is 42.5 Å². The van der Waals surface area contributed by atoms with Gasteiger partial charge >= 0.3 is 0 Å². The van der Waals surface area contributed by atoms with E-state index in [4.69, 9.17) is 4.74 Å². The van der Waals surface area contributed by atoms with Gasteiger partial charge in [-0.2, -0.15) is 0 Å². The van der Waals surface area contributed by atoms with Crippen molar-refractivity contribution in [3.8, 4) is 0 Å². The lowest BCUT2D eigenvalue weighted by molar-refractivity contribution is -0.140. The normalized spacial score (nSPS) is 20.5. The molecule has 0 radical (unpaired) electrons. The van der Waals surface area contributed by atoms with Gasteiger partial charge in [-0.1, -0.05) is 36.4 Å². The molecule has 2 heterocycles. The van der Waals surface area contributed by atoms with Crippen LogP contribution in [0.4, 0.5) is 0 Å². The van der Waals surface area contributed by atoms with Gasteiger partial charge in [-0.25, -0.2) is 0 Å². The fraction of sp³-hybridized carbons (Fsp3) is 0.538. The van der Waals surface area contributed by atoms with Gasteiger partial charge < -0.3 is 15.0 Å². The summed E-state index contributed by atoms with van der Waals surface area (Å²) in [6.45, 7) is 4.48. The van der Waals surface area contributed by atoms with Crippen LogP contribution in [0.1, 0.15) is 37.7 Å². The van der Waals surface area contributed by atoms with Crippen molar-refractivity contribution in [2.24, 2.45) is 5.92 Å². The first-order chi connectivity index (χ1) is 15.6. The second kappa shape index (κ2) is 10.9. The molecule has 6 nitrogen and oxygen atoms in total. The number of methoxy groups -OCH3 is 1. The SMILES string of the molecule is COCCCC1CCN(C(=O)C[C@H]2C(=O)NCCN2Cc2ccc3ccccc3c2)CC1. The van der Waals surface area contributed by atoms with E-state index < -0.39 is 6.04 Å². The van der Waals surface area contributed by atoms with E-state index in [1.165, 1.54) is 22.8 Å². The maximum absolute atomic E-state index is 13.1. The molecule has 32 heavy (non-hydrogen) atoms. The Bertz CT molecular complexity index is 923. The quantitative estimate of drug-likeness (QED) is 0.645. The average molecular weight is 438 g/mol. The highest BCUT2D eigenvalue weighted by molar-refractivity contribution is 5.89. The first-order valence-corrected chi connectivity index (χ1v) is 11.9. The first kappa shape index (κ1) is 22.7. The van der Waals surface area contributed by atoms with Crippen molar-refractivity contribution in [3.63, 3.8) is 0 Å². The number of rotatable bonds is 8. The number of fused-ring (bicyclic) bond motifs is 1. The smallest absolute Gasteiger partial charge is 0.237 e. The zero-order valence-electron chi connectivity index (χ0n) is 19.1. The number of likely N-dealkylation sites (tertiary alicyclic amines) is 1. The molecule has 172 valence electrons. The van der Waals surface area contributed by atoms with E-state index in [1.807, 2.05) is 17.0 Å². The maximum atomic E-state index is 13.1. The van der Waals surface area contributed by atoms with Crippen molar-refractivity contribution in [2.75, 3.05) is 39.9 Å². The Morgan fingerprint density at radius 2 is 1.88 bits per heavy atom. The summed E-state index contributed by atoms with van der Waals surface area (Å²) in [6, 6.07) is 14.4. The van der Waals surface area contributed by atoms with Crippen LogP contribution in [0.3, 0.4) is 0 Å². The third kappa shape index (κ3) is 5.67. The zero-order valence-corrected chi connectivity index (χ0v) is 19.1. The number of nitrogens with zero attached hydrogens (tertiary/aromatic N) is 2. The van der Waals surface area contributed by atoms with Gasteiger partial charge in [-0.3, -0.25) is 14.5 Å². The number of ether oxygens (including phenoxy) is 1. The van der Waals surface area contributed by atoms with E-state index in [9.17, 15) is 9.59 Å². The summed E-state index contributed by atoms with van der Waals surface area (Å²) >= 11 is 0. The van der Waals surface area contributed by atoms with E-state index in [1.54, 1.807) is 7.11 Å². The molecular formula is C26H35N3O3. The van der Waals surface area contributed by atoms with Gasteiger partial charge in [0.15, 0.2) is 0 Å². The third-order valence-electron chi connectivity index (χ3n) is 6.94. The topological polar surface area (TPSA) is 61.9 Å². The molecule has 2 amide bonds. The highest BCUT2D eigenvalue weighted by Gasteiger charge is 2.33. The molecule has 2 aromatic rings. The molecule has 2 saturated heterocycles. The molecular weight excluding hydrogens is 402 g/mol. The number of piperidine rings is 1. The monoisotopic (exact) mass is 437 g/mol. The summed E-state index contributed by atoms with van der Waals surface area (Å²) in [7, 11) is 1.74. The lowest BCUT2D eigenvalue weighted by atomic mass is 9.92. The Labute approximate surface area is 190 Å². The Morgan fingerprint density at radius 3 is 2.66 bits per heavy atom. The fourth-order valence-corrected chi connectivity index (χ4v) is 5.03. The average Bonchev–Trinajstić information content (AvgIpc) is 2.82. The molecule has 6 heteroatoms. The van der Waals surface area contributed by atoms with E-state index in [2.05, 4.69) is 40.5 Å². The molecule has 0 saturated carbocycles. The van der Waals surface area contributed by atoms with Crippen LogP contribution in [0.5, 0.6) is 0 Å². The number of hydrogen-bond donors (Lipinski definition) is 1. The van der Waals surface area contributed by atoms with E-state index in [0.717, 1.165) is 45.5 Å². The number of nitrogens with one attached hydrogen (secondary N) is 1. The predicted molar refractivity (Wildman–Crippen MR) is 126 cm³/mol. The number of hydrogen-bond acceptors (Lipinski definition) is 4. The summed E-state index contributed by atoms with van der Waals surface area (Å²) in [6.07, 6.45) is 4.61. The van der Waals surface area contributed by atoms with Crippen molar-refractivity contribution >= 4 is 22.6 Å². The standard InChI is InChI=1S/C26H35N3O3/c1-32-16-4-5-20-10-13-28(14-11-20)25(30)18-24-26(31)27-12-15-29(24)19-21-8-9-22-6-2-3-7-23(22)17-21/h2-3,6-9,17,20,24H,4-5,10-16,18-19H2,1H3,(H,27,31)/t24-/m0/s1. The number of carbonyl (C=O) groups is 2. The van der Waals surface area contributed by atoms with E-state index >= 15 is 0 Å². The summed E-state index contributed by atoms with van der Waals surface area (Å²) in [5.41, 5.74) is 1.17. The largest absolute Gasteiger partial charge is 0.385 e. The summed E-state index contributed by atoms with van der Waals surface area (Å²) in [5.74, 6) is 0.752. The molecule has 0 spiro atoms. The van der Waals surface area contributed by atoms with Crippen molar-refractivity contribution in [2.45, 2.75) is 44.7 Å². The Hall–Kier alpha value is -2.44. The Kier molecular flexibility index (Phi) is 7.76. The molecule has 1 atom stereocenters. The highest BCUT2D eigenvalue weighted by atomic mass is 16.5. The van der Waals surface area contributed by atoms with Crippen LogP contribution in [-0.4, -0.2) is 67.6 Å². The van der Waals surface area contributed by atoms with E-state index in [-0.39, 0.29) is 18.2 Å². The summed E-state index contributed by atoms with van der Waals surface area (Å²) in [4.78, 5) is 29.9. The van der Waals surface area contributed by atoms with Crippen LogP contribution in [-0.2, 0) is 20.9 Å². The Balaban J connectivity index is 1.35. The molecule has 0 unspecified atom stereocenters. The second-order valence-corrected chi connectivity index (χ2v) is 9.12. The number of carbonyl (C=O) groups excluding carboxylic acids is 2. The van der Waals surface area contributed by atoms with Crippen LogP contribution in [0.2, 0.25) is 0 Å². The van der Waals surface area contributed by atoms with Crippen LogP contribution < -0.4 is 5.32 Å². The molecule has 2 aliphatic heterocycles. The molecule has 2 aromatic carbocycles. The molecule has 4 rings (SSSR count). The van der Waals surface area contributed by atoms with Crippen LogP contribution in [0, 0.1) is 5.92 Å². The number of piperazine rings is 1. The van der Waals surface area contributed by atoms with Gasteiger partial charge in [0.25, 0.3) is 0 Å². The second-order valence-electron chi connectivity index (χ2n) is 9.12. The van der Waals surface area contributed by atoms with Gasteiger partial charge in [0.1, 0.15) is 0 Å². The minimum absolute atomic E-state index is 0.0279. The van der Waals surface area contributed by atoms with Gasteiger partial charge in [0.2, 0.25) is 11.8 Å². The first-order valence-electron chi connectivity index (χ1n) is 11.9. The molecule has 0 aliphatic carbocycles. The minimum atomic E-state index is -0.401. The van der Waals surface area contributed by atoms with Gasteiger partial charge in [0, 0.05) is 46.4 Å². The van der Waals surface area contributed by atoms with Crippen molar-refractivity contribution in [3.05, 3.63) is 48.0 Å². The predicted octanol–water partition coefficient (Wildman–Crippen LogP) is 3.20. The third-order valence-corrected chi connectivity index (χ3v) is 6.94. The van der Waals surface area contributed by atoms with Crippen molar-refractivity contribution < 1.29 is 14.3 Å². The molecule has 1 N–H and O–H groups in total. The fourth-order valence-electron chi connectivity index (χ4n) is 5.03. The van der Waals surface area contributed by atoms with Crippen molar-refractivity contribution in [1.29, 1.82) is 0 Å². The summed E-state index contributed by atoms with van der Waals surface area (Å²) in [5, 5.41) is 5.37. The highest BCUT2D eigenvalue weighted by Crippen LogP contribution is 2.24. The number of amides is 2. The van der Waals surface area contributed by atoms with Crippen LogP contribution in [0.25, 0.3) is 10.8 Å². The summed E-state index contributed by atoms with van der Waals surface area (Å²) < 4.78 is 5.15. The van der Waals surface area contributed by atoms with Gasteiger partial charge in [0.05, 0.1) is 12.5 Å². The lowest BCUT2D eigenvalue weighted by Crippen LogP contribution is -2.56. The van der Waals surface area contributed by atoms with E-state index in [0.29, 0.717) is 19.0 Å². The van der Waals surface area contributed by atoms with Gasteiger partial charge in [-0.15, -0.1) is 0 Å². The molecule has 0 aromatic heterocycles. The molecule has 0 bridgehead atoms. The Morgan fingerprint density at radius 1 is 1.09 bits per heavy atom. The number of benzene rings is 2. The molecule has 2 aliphatic rings. The lowest BCUT2D eigenvalue weighted by Gasteiger charge is -2.37. The van der Waals surface area contributed by atoms with Gasteiger partial charge in [-0.05, 0) is 54.0 Å².